The Kier molecular flexibility index (Phi) is 4.97. The Balaban J connectivity index is 1.28. The number of anilines is 1. The molecular formula is C21H23ClN4O2S. The van der Waals surface area contributed by atoms with Gasteiger partial charge in [-0.25, -0.2) is 4.98 Å². The number of carbonyl (C=O) groups excluding carboxylic acids is 1. The molecule has 29 heavy (non-hydrogen) atoms. The van der Waals surface area contributed by atoms with E-state index in [2.05, 4.69) is 10.3 Å². The molecule has 8 heteroatoms. The molecule has 1 aliphatic carbocycles. The summed E-state index contributed by atoms with van der Waals surface area (Å²) in [6.45, 7) is 1.26. The minimum atomic E-state index is -0.155. The Morgan fingerprint density at radius 2 is 2.10 bits per heavy atom. The van der Waals surface area contributed by atoms with Crippen molar-refractivity contribution in [3.05, 3.63) is 45.6 Å². The van der Waals surface area contributed by atoms with Crippen LogP contribution in [0.15, 0.2) is 24.3 Å². The molecule has 0 atom stereocenters. The number of H-pyrrole nitrogens is 1. The van der Waals surface area contributed by atoms with Crippen molar-refractivity contribution in [1.29, 1.82) is 0 Å². The number of aliphatic hydroxyl groups excluding tert-OH is 1. The molecule has 1 amide bonds. The van der Waals surface area contributed by atoms with Crippen molar-refractivity contribution in [3.8, 4) is 0 Å². The van der Waals surface area contributed by atoms with Crippen LogP contribution in [0.1, 0.15) is 46.7 Å². The molecule has 2 aliphatic rings. The largest absolute Gasteiger partial charge is 0.393 e. The predicted octanol–water partition coefficient (Wildman–Crippen LogP) is 4.19. The van der Waals surface area contributed by atoms with Gasteiger partial charge < -0.3 is 20.3 Å². The summed E-state index contributed by atoms with van der Waals surface area (Å²) in [7, 11) is 0. The van der Waals surface area contributed by atoms with E-state index in [0.717, 1.165) is 58.7 Å². The maximum absolute atomic E-state index is 13.0. The Bertz CT molecular complexity index is 1050. The number of nitrogens with zero attached hydrogens (tertiary/aromatic N) is 2. The Morgan fingerprint density at radius 1 is 1.28 bits per heavy atom. The number of nitrogens with one attached hydrogen (secondary N) is 2. The van der Waals surface area contributed by atoms with Crippen LogP contribution in [0.5, 0.6) is 0 Å². The highest BCUT2D eigenvalue weighted by atomic mass is 35.5. The number of amides is 1. The molecule has 152 valence electrons. The summed E-state index contributed by atoms with van der Waals surface area (Å²) in [5.74, 6) is 0.00662. The van der Waals surface area contributed by atoms with Gasteiger partial charge in [0.2, 0.25) is 0 Å². The number of rotatable bonds is 3. The van der Waals surface area contributed by atoms with Crippen molar-refractivity contribution < 1.29 is 9.90 Å². The minimum absolute atomic E-state index is 0.00662. The van der Waals surface area contributed by atoms with Crippen molar-refractivity contribution in [2.75, 3.05) is 11.9 Å². The van der Waals surface area contributed by atoms with Crippen LogP contribution in [0.4, 0.5) is 5.13 Å². The van der Waals surface area contributed by atoms with Gasteiger partial charge in [0.25, 0.3) is 5.91 Å². The molecule has 6 nitrogen and oxygen atoms in total. The second kappa shape index (κ2) is 7.63. The third kappa shape index (κ3) is 3.86. The second-order valence-electron chi connectivity index (χ2n) is 7.93. The molecule has 0 spiro atoms. The van der Waals surface area contributed by atoms with E-state index in [-0.39, 0.29) is 12.0 Å². The summed E-state index contributed by atoms with van der Waals surface area (Å²) in [5, 5.41) is 15.8. The highest BCUT2D eigenvalue weighted by Gasteiger charge is 2.27. The van der Waals surface area contributed by atoms with E-state index in [4.69, 9.17) is 16.6 Å². The van der Waals surface area contributed by atoms with E-state index >= 15 is 0 Å². The molecule has 0 radical (unpaired) electrons. The fourth-order valence-corrected chi connectivity index (χ4v) is 5.48. The molecule has 0 saturated heterocycles. The molecule has 3 heterocycles. The zero-order chi connectivity index (χ0) is 20.0. The molecule has 2 aromatic heterocycles. The van der Waals surface area contributed by atoms with Crippen molar-refractivity contribution >= 4 is 44.9 Å². The monoisotopic (exact) mass is 430 g/mol. The molecule has 1 saturated carbocycles. The number of hydrogen-bond acceptors (Lipinski definition) is 5. The highest BCUT2D eigenvalue weighted by Crippen LogP contribution is 2.31. The lowest BCUT2D eigenvalue weighted by Gasteiger charge is -2.25. The molecule has 5 rings (SSSR count). The number of fused-ring (bicyclic) bond motifs is 2. The third-order valence-corrected chi connectivity index (χ3v) is 7.11. The van der Waals surface area contributed by atoms with E-state index in [1.54, 1.807) is 11.3 Å². The van der Waals surface area contributed by atoms with Crippen molar-refractivity contribution in [2.24, 2.45) is 0 Å². The van der Waals surface area contributed by atoms with Crippen molar-refractivity contribution in [2.45, 2.75) is 50.8 Å². The molecule has 0 unspecified atom stereocenters. The van der Waals surface area contributed by atoms with Gasteiger partial charge in [-0.05, 0) is 43.9 Å². The zero-order valence-electron chi connectivity index (χ0n) is 15.9. The maximum atomic E-state index is 13.0. The first-order valence-electron chi connectivity index (χ1n) is 10.1. The minimum Gasteiger partial charge on any atom is -0.393 e. The summed E-state index contributed by atoms with van der Waals surface area (Å²) in [4.78, 5) is 24.0. The lowest BCUT2D eigenvalue weighted by Crippen LogP contribution is -2.35. The maximum Gasteiger partial charge on any atom is 0.270 e. The number of hydrogen-bond donors (Lipinski definition) is 3. The van der Waals surface area contributed by atoms with Gasteiger partial charge in [-0.2, -0.15) is 0 Å². The summed E-state index contributed by atoms with van der Waals surface area (Å²) < 4.78 is 0. The average Bonchev–Trinajstić information content (AvgIpc) is 3.31. The van der Waals surface area contributed by atoms with Crippen molar-refractivity contribution in [3.63, 3.8) is 0 Å². The number of carbonyl (C=O) groups is 1. The zero-order valence-corrected chi connectivity index (χ0v) is 17.5. The molecule has 1 fully saturated rings. The normalized spacial score (nSPS) is 21.9. The Hall–Kier alpha value is -2.09. The second-order valence-corrected chi connectivity index (χ2v) is 9.45. The fourth-order valence-electron chi connectivity index (χ4n) is 4.21. The molecule has 1 aliphatic heterocycles. The molecule has 1 aromatic carbocycles. The molecule has 0 bridgehead atoms. The van der Waals surface area contributed by atoms with Gasteiger partial charge in [0.05, 0.1) is 18.3 Å². The summed E-state index contributed by atoms with van der Waals surface area (Å²) >= 11 is 7.70. The van der Waals surface area contributed by atoms with E-state index in [0.29, 0.717) is 29.8 Å². The third-order valence-electron chi connectivity index (χ3n) is 5.86. The molecule has 3 aromatic rings. The number of aliphatic hydroxyl groups is 1. The number of benzene rings is 1. The smallest absolute Gasteiger partial charge is 0.270 e. The summed E-state index contributed by atoms with van der Waals surface area (Å²) in [6, 6.07) is 7.86. The molecule has 3 N–H and O–H groups in total. The van der Waals surface area contributed by atoms with Gasteiger partial charge in [-0.15, -0.1) is 0 Å². The first-order chi connectivity index (χ1) is 14.0. The van der Waals surface area contributed by atoms with Crippen molar-refractivity contribution in [1.82, 2.24) is 14.9 Å². The summed E-state index contributed by atoms with van der Waals surface area (Å²) in [6.07, 6.45) is 4.26. The van der Waals surface area contributed by atoms with Crippen LogP contribution >= 0.6 is 22.9 Å². The van der Waals surface area contributed by atoms with Crippen LogP contribution in [-0.2, 0) is 13.0 Å². The van der Waals surface area contributed by atoms with E-state index < -0.39 is 0 Å². The number of thiazole rings is 1. The van der Waals surface area contributed by atoms with Gasteiger partial charge in [0, 0.05) is 39.8 Å². The SMILES string of the molecule is O=C(c1cc2ccc(Cl)cc2[nH]1)N1CCc2nc(N[C@H]3CC[C@@H](O)CC3)sc2C1. The van der Waals surface area contributed by atoms with Crippen LogP contribution < -0.4 is 5.32 Å². The van der Waals surface area contributed by atoms with E-state index in [1.807, 2.05) is 29.2 Å². The Morgan fingerprint density at radius 3 is 2.93 bits per heavy atom. The number of aromatic nitrogens is 2. The van der Waals surface area contributed by atoms with E-state index in [1.165, 1.54) is 0 Å². The van der Waals surface area contributed by atoms with Gasteiger partial charge in [0.15, 0.2) is 5.13 Å². The van der Waals surface area contributed by atoms with Crippen LogP contribution in [0, 0.1) is 0 Å². The van der Waals surface area contributed by atoms with Crippen LogP contribution in [0.2, 0.25) is 5.02 Å². The van der Waals surface area contributed by atoms with Gasteiger partial charge in [-0.3, -0.25) is 4.79 Å². The highest BCUT2D eigenvalue weighted by molar-refractivity contribution is 7.15. The van der Waals surface area contributed by atoms with E-state index in [9.17, 15) is 9.90 Å². The van der Waals surface area contributed by atoms with Gasteiger partial charge in [-0.1, -0.05) is 29.0 Å². The Labute approximate surface area is 177 Å². The molecular weight excluding hydrogens is 408 g/mol. The first kappa shape index (κ1) is 18.9. The lowest BCUT2D eigenvalue weighted by molar-refractivity contribution is 0.0731. The number of aromatic amines is 1. The van der Waals surface area contributed by atoms with Gasteiger partial charge in [0.1, 0.15) is 5.69 Å². The lowest BCUT2D eigenvalue weighted by atomic mass is 9.93. The fraction of sp³-hybridized carbons (Fsp3) is 0.429. The first-order valence-corrected chi connectivity index (χ1v) is 11.3. The van der Waals surface area contributed by atoms with Gasteiger partial charge >= 0.3 is 0 Å². The van der Waals surface area contributed by atoms with Crippen LogP contribution in [-0.4, -0.2) is 44.6 Å². The van der Waals surface area contributed by atoms with Crippen LogP contribution in [0.3, 0.4) is 0 Å². The predicted molar refractivity (Wildman–Crippen MR) is 116 cm³/mol. The number of halogens is 1. The standard InChI is InChI=1S/C21H23ClN4O2S/c22-13-2-1-12-9-18(24-17(12)10-13)20(28)26-8-7-16-19(11-26)29-21(25-16)23-14-3-5-15(27)6-4-14/h1-2,9-10,14-15,24,27H,3-8,11H2,(H,23,25)/t14-,15+. The van der Waals surface area contributed by atoms with Crippen LogP contribution in [0.25, 0.3) is 10.9 Å². The quantitative estimate of drug-likeness (QED) is 0.581. The summed E-state index contributed by atoms with van der Waals surface area (Å²) in [5.41, 5.74) is 2.57. The topological polar surface area (TPSA) is 81.2 Å². The average molecular weight is 431 g/mol.